The predicted molar refractivity (Wildman–Crippen MR) is 90.9 cm³/mol. The number of fused-ring (bicyclic) bond motifs is 1. The highest BCUT2D eigenvalue weighted by Gasteiger charge is 2.33. The third-order valence-corrected chi connectivity index (χ3v) is 6.03. The molecule has 1 saturated heterocycles. The van der Waals surface area contributed by atoms with Gasteiger partial charge >= 0.3 is 5.69 Å². The zero-order chi connectivity index (χ0) is 17.4. The number of rotatable bonds is 4. The quantitative estimate of drug-likeness (QED) is 0.724. The van der Waals surface area contributed by atoms with E-state index >= 15 is 0 Å². The smallest absolute Gasteiger partial charge is 0.323 e. The van der Waals surface area contributed by atoms with E-state index in [0.29, 0.717) is 29.7 Å². The summed E-state index contributed by atoms with van der Waals surface area (Å²) in [5, 5.41) is 0. The van der Waals surface area contributed by atoms with Gasteiger partial charge in [-0.1, -0.05) is 0 Å². The van der Waals surface area contributed by atoms with Crippen molar-refractivity contribution in [1.29, 1.82) is 0 Å². The van der Waals surface area contributed by atoms with E-state index in [-0.39, 0.29) is 23.2 Å². The van der Waals surface area contributed by atoms with Crippen LogP contribution in [0.25, 0.3) is 11.0 Å². The number of aromatic amines is 2. The van der Waals surface area contributed by atoms with Crippen molar-refractivity contribution in [3.05, 3.63) is 53.2 Å². The minimum atomic E-state index is -3.64. The van der Waals surface area contributed by atoms with E-state index in [1.165, 1.54) is 16.4 Å². The first-order valence-corrected chi connectivity index (χ1v) is 9.25. The van der Waals surface area contributed by atoms with Gasteiger partial charge in [-0.05, 0) is 36.8 Å². The molecule has 0 unspecified atom stereocenters. The highest BCUT2D eigenvalue weighted by molar-refractivity contribution is 7.89. The molecule has 0 radical (unpaired) electrons. The van der Waals surface area contributed by atoms with Gasteiger partial charge in [0.2, 0.25) is 10.0 Å². The molecule has 0 spiro atoms. The Morgan fingerprint density at radius 3 is 2.84 bits per heavy atom. The normalized spacial score (nSPS) is 18.6. The summed E-state index contributed by atoms with van der Waals surface area (Å²) in [4.78, 5) is 20.6. The molecule has 1 aromatic carbocycles. The fraction of sp³-hybridized carbons (Fsp3) is 0.250. The van der Waals surface area contributed by atoms with Gasteiger partial charge in [0.1, 0.15) is 11.9 Å². The van der Waals surface area contributed by atoms with Gasteiger partial charge in [-0.15, -0.1) is 0 Å². The molecular weight excluding hydrogens is 344 g/mol. The SMILES string of the molecule is O=c1[nH]c2ccc(S(=O)(=O)N3CC[C@H](Oc4cccnc4)C3)cc2[nH]1. The average molecular weight is 360 g/mol. The molecule has 1 aliphatic rings. The summed E-state index contributed by atoms with van der Waals surface area (Å²) in [7, 11) is -3.64. The molecule has 9 heteroatoms. The lowest BCUT2D eigenvalue weighted by molar-refractivity contribution is 0.214. The van der Waals surface area contributed by atoms with Crippen LogP contribution in [0.1, 0.15) is 6.42 Å². The van der Waals surface area contributed by atoms with Gasteiger partial charge in [0.25, 0.3) is 0 Å². The van der Waals surface area contributed by atoms with Crippen molar-refractivity contribution in [2.75, 3.05) is 13.1 Å². The van der Waals surface area contributed by atoms with Gasteiger partial charge in [-0.2, -0.15) is 4.31 Å². The summed E-state index contributed by atoms with van der Waals surface area (Å²) in [6.45, 7) is 0.661. The molecule has 2 N–H and O–H groups in total. The standard InChI is InChI=1S/C16H16N4O4S/c21-16-18-14-4-3-13(8-15(14)19-16)25(22,23)20-7-5-12(10-20)24-11-2-1-6-17-9-11/h1-4,6,8-9,12H,5,7,10H2,(H2,18,19,21)/t12-/m0/s1. The molecule has 25 heavy (non-hydrogen) atoms. The molecule has 0 saturated carbocycles. The Labute approximate surface area is 143 Å². The van der Waals surface area contributed by atoms with E-state index in [1.54, 1.807) is 30.6 Å². The molecular formula is C16H16N4O4S. The average Bonchev–Trinajstić information content (AvgIpc) is 3.21. The fourth-order valence-electron chi connectivity index (χ4n) is 2.94. The minimum absolute atomic E-state index is 0.150. The fourth-order valence-corrected chi connectivity index (χ4v) is 4.46. The lowest BCUT2D eigenvalue weighted by Gasteiger charge is -2.17. The number of nitrogens with one attached hydrogen (secondary N) is 2. The Hall–Kier alpha value is -2.65. The van der Waals surface area contributed by atoms with Gasteiger partial charge < -0.3 is 14.7 Å². The molecule has 0 aliphatic carbocycles. The first-order valence-electron chi connectivity index (χ1n) is 7.81. The zero-order valence-corrected chi connectivity index (χ0v) is 14.0. The molecule has 1 fully saturated rings. The van der Waals surface area contributed by atoms with Crippen LogP contribution in [0.3, 0.4) is 0 Å². The maximum atomic E-state index is 12.8. The third kappa shape index (κ3) is 3.03. The van der Waals surface area contributed by atoms with E-state index in [0.717, 1.165) is 0 Å². The summed E-state index contributed by atoms with van der Waals surface area (Å²) in [6, 6.07) is 8.11. The monoisotopic (exact) mass is 360 g/mol. The van der Waals surface area contributed by atoms with Crippen molar-refractivity contribution in [2.24, 2.45) is 0 Å². The number of nitrogens with zero attached hydrogens (tertiary/aromatic N) is 2. The van der Waals surface area contributed by atoms with Crippen molar-refractivity contribution in [1.82, 2.24) is 19.3 Å². The molecule has 3 aromatic rings. The molecule has 0 amide bonds. The van der Waals surface area contributed by atoms with Crippen LogP contribution in [0.5, 0.6) is 5.75 Å². The maximum absolute atomic E-state index is 12.8. The third-order valence-electron chi connectivity index (χ3n) is 4.17. The summed E-state index contributed by atoms with van der Waals surface area (Å²) in [6.07, 6.45) is 3.65. The highest BCUT2D eigenvalue weighted by atomic mass is 32.2. The van der Waals surface area contributed by atoms with Crippen LogP contribution in [0.4, 0.5) is 0 Å². The first-order chi connectivity index (χ1) is 12.0. The van der Waals surface area contributed by atoms with Crippen LogP contribution >= 0.6 is 0 Å². The number of pyridine rings is 1. The summed E-state index contributed by atoms with van der Waals surface area (Å²) in [5.41, 5.74) is 0.673. The Morgan fingerprint density at radius 2 is 2.04 bits per heavy atom. The first kappa shape index (κ1) is 15.9. The van der Waals surface area contributed by atoms with Crippen molar-refractivity contribution < 1.29 is 13.2 Å². The molecule has 1 aliphatic heterocycles. The number of hydrogen-bond donors (Lipinski definition) is 2. The van der Waals surface area contributed by atoms with Gasteiger partial charge in [0.05, 0.1) is 28.7 Å². The molecule has 1 atom stereocenters. The Bertz CT molecular complexity index is 1060. The topological polar surface area (TPSA) is 108 Å². The lowest BCUT2D eigenvalue weighted by atomic mass is 10.3. The number of benzene rings is 1. The van der Waals surface area contributed by atoms with E-state index in [1.807, 2.05) is 0 Å². The van der Waals surface area contributed by atoms with Crippen LogP contribution in [-0.4, -0.2) is 46.9 Å². The van der Waals surface area contributed by atoms with Gasteiger partial charge in [-0.25, -0.2) is 13.2 Å². The number of ether oxygens (including phenoxy) is 1. The number of imidazole rings is 1. The van der Waals surface area contributed by atoms with Gasteiger partial charge in [0.15, 0.2) is 0 Å². The Balaban J connectivity index is 1.54. The van der Waals surface area contributed by atoms with Crippen LogP contribution in [0.2, 0.25) is 0 Å². The summed E-state index contributed by atoms with van der Waals surface area (Å²) in [5.74, 6) is 0.623. The van der Waals surface area contributed by atoms with E-state index in [9.17, 15) is 13.2 Å². The summed E-state index contributed by atoms with van der Waals surface area (Å²) >= 11 is 0. The molecule has 8 nitrogen and oxygen atoms in total. The predicted octanol–water partition coefficient (Wildman–Crippen LogP) is 1.09. The van der Waals surface area contributed by atoms with Crippen LogP contribution < -0.4 is 10.4 Å². The Kier molecular flexibility index (Phi) is 3.81. The Morgan fingerprint density at radius 1 is 1.20 bits per heavy atom. The maximum Gasteiger partial charge on any atom is 0.323 e. The second kappa shape index (κ2) is 6.01. The van der Waals surface area contributed by atoms with Crippen molar-refractivity contribution in [3.8, 4) is 5.75 Å². The van der Waals surface area contributed by atoms with Gasteiger partial charge in [0, 0.05) is 12.7 Å². The second-order valence-corrected chi connectivity index (χ2v) is 7.80. The van der Waals surface area contributed by atoms with Crippen LogP contribution in [0.15, 0.2) is 52.4 Å². The van der Waals surface area contributed by atoms with E-state index < -0.39 is 10.0 Å². The van der Waals surface area contributed by atoms with E-state index in [2.05, 4.69) is 15.0 Å². The highest BCUT2D eigenvalue weighted by Crippen LogP contribution is 2.25. The molecule has 0 bridgehead atoms. The summed E-state index contributed by atoms with van der Waals surface area (Å²) < 4.78 is 32.9. The number of aromatic nitrogens is 3. The minimum Gasteiger partial charge on any atom is -0.487 e. The molecule has 4 rings (SSSR count). The van der Waals surface area contributed by atoms with Crippen LogP contribution in [0, 0.1) is 0 Å². The lowest BCUT2D eigenvalue weighted by Crippen LogP contribution is -2.31. The number of sulfonamides is 1. The number of hydrogen-bond acceptors (Lipinski definition) is 5. The molecule has 2 aromatic heterocycles. The van der Waals surface area contributed by atoms with Crippen molar-refractivity contribution >= 4 is 21.1 Å². The zero-order valence-electron chi connectivity index (χ0n) is 13.2. The van der Waals surface area contributed by atoms with Crippen molar-refractivity contribution in [2.45, 2.75) is 17.4 Å². The van der Waals surface area contributed by atoms with E-state index in [4.69, 9.17) is 4.74 Å². The van der Waals surface area contributed by atoms with Gasteiger partial charge in [-0.3, -0.25) is 4.98 Å². The van der Waals surface area contributed by atoms with Crippen LogP contribution in [-0.2, 0) is 10.0 Å². The largest absolute Gasteiger partial charge is 0.487 e. The molecule has 130 valence electrons. The second-order valence-electron chi connectivity index (χ2n) is 5.87. The molecule has 3 heterocycles. The van der Waals surface area contributed by atoms with Crippen molar-refractivity contribution in [3.63, 3.8) is 0 Å². The number of H-pyrrole nitrogens is 2.